The van der Waals surface area contributed by atoms with E-state index in [2.05, 4.69) is 0 Å². The second-order valence-corrected chi connectivity index (χ2v) is 6.93. The van der Waals surface area contributed by atoms with Gasteiger partial charge in [-0.15, -0.1) is 0 Å². The summed E-state index contributed by atoms with van der Waals surface area (Å²) in [6.07, 6.45) is -0.387. The Morgan fingerprint density at radius 2 is 2.04 bits per heavy atom. The first-order chi connectivity index (χ1) is 10.8. The highest BCUT2D eigenvalue weighted by Crippen LogP contribution is 2.48. The van der Waals surface area contributed by atoms with Gasteiger partial charge in [0.05, 0.1) is 5.02 Å². The van der Waals surface area contributed by atoms with Crippen LogP contribution >= 0.6 is 11.6 Å². The number of hydrogen-bond acceptors (Lipinski definition) is 2. The van der Waals surface area contributed by atoms with Crippen molar-refractivity contribution in [3.8, 4) is 11.1 Å². The number of benzene rings is 2. The van der Waals surface area contributed by atoms with Crippen LogP contribution in [0, 0.1) is 11.2 Å². The molecule has 0 saturated heterocycles. The fraction of sp³-hybridized carbons (Fsp3) is 0.278. The normalized spacial score (nSPS) is 18.5. The van der Waals surface area contributed by atoms with Crippen molar-refractivity contribution >= 4 is 17.7 Å². The summed E-state index contributed by atoms with van der Waals surface area (Å²) < 4.78 is 18.5. The van der Waals surface area contributed by atoms with E-state index in [1.807, 2.05) is 32.0 Å². The zero-order chi connectivity index (χ0) is 16.8. The highest BCUT2D eigenvalue weighted by atomic mass is 35.5. The molecule has 2 aromatic carbocycles. The van der Waals surface area contributed by atoms with Crippen LogP contribution < -0.4 is 5.73 Å². The van der Waals surface area contributed by atoms with Crippen LogP contribution in [0.1, 0.15) is 31.1 Å². The standard InChI is InChI=1S/C18H17ClFNO2/c1-18(2)9-11-7-10(13-6-4-12(20)8-15(13)19)3-5-14(11)16(18)23-17(21)22/h3-8,16H,9H2,1-2H3,(H2,21,22). The summed E-state index contributed by atoms with van der Waals surface area (Å²) in [6, 6.07) is 10.2. The average molecular weight is 334 g/mol. The number of primary amides is 1. The summed E-state index contributed by atoms with van der Waals surface area (Å²) in [5.74, 6) is -0.365. The second kappa shape index (κ2) is 5.53. The third-order valence-electron chi connectivity index (χ3n) is 4.26. The molecule has 5 heteroatoms. The molecule has 0 spiro atoms. The maximum Gasteiger partial charge on any atom is 0.405 e. The van der Waals surface area contributed by atoms with Crippen LogP contribution in [0.4, 0.5) is 9.18 Å². The lowest BCUT2D eigenvalue weighted by molar-refractivity contribution is 0.0392. The Hall–Kier alpha value is -2.07. The average Bonchev–Trinajstić information content (AvgIpc) is 2.68. The van der Waals surface area contributed by atoms with Gasteiger partial charge in [0.15, 0.2) is 0 Å². The molecular formula is C18H17ClFNO2. The Morgan fingerprint density at radius 1 is 1.30 bits per heavy atom. The molecule has 0 radical (unpaired) electrons. The van der Waals surface area contributed by atoms with Crippen molar-refractivity contribution < 1.29 is 13.9 Å². The largest absolute Gasteiger partial charge is 0.441 e. The molecule has 2 aromatic rings. The minimum atomic E-state index is -0.776. The van der Waals surface area contributed by atoms with Crippen molar-refractivity contribution in [1.29, 1.82) is 0 Å². The quantitative estimate of drug-likeness (QED) is 0.852. The topological polar surface area (TPSA) is 52.3 Å². The van der Waals surface area contributed by atoms with E-state index in [4.69, 9.17) is 22.1 Å². The lowest BCUT2D eigenvalue weighted by Gasteiger charge is -2.26. The van der Waals surface area contributed by atoms with Gasteiger partial charge in [-0.1, -0.05) is 43.6 Å². The predicted molar refractivity (Wildman–Crippen MR) is 87.7 cm³/mol. The molecule has 0 fully saturated rings. The fourth-order valence-corrected chi connectivity index (χ4v) is 3.53. The molecule has 1 amide bonds. The number of amides is 1. The van der Waals surface area contributed by atoms with Crippen LogP contribution in [0.25, 0.3) is 11.1 Å². The Kier molecular flexibility index (Phi) is 3.80. The zero-order valence-electron chi connectivity index (χ0n) is 12.9. The van der Waals surface area contributed by atoms with Crippen molar-refractivity contribution in [2.45, 2.75) is 26.4 Å². The molecule has 23 heavy (non-hydrogen) atoms. The molecule has 3 nitrogen and oxygen atoms in total. The van der Waals surface area contributed by atoms with E-state index in [-0.39, 0.29) is 17.3 Å². The van der Waals surface area contributed by atoms with E-state index in [1.54, 1.807) is 6.07 Å². The Morgan fingerprint density at radius 3 is 2.70 bits per heavy atom. The van der Waals surface area contributed by atoms with Crippen LogP contribution in [-0.2, 0) is 11.2 Å². The number of fused-ring (bicyclic) bond motifs is 1. The van der Waals surface area contributed by atoms with Gasteiger partial charge >= 0.3 is 6.09 Å². The third-order valence-corrected chi connectivity index (χ3v) is 4.57. The maximum absolute atomic E-state index is 13.2. The van der Waals surface area contributed by atoms with Gasteiger partial charge in [-0.25, -0.2) is 9.18 Å². The van der Waals surface area contributed by atoms with Crippen LogP contribution in [0.3, 0.4) is 0 Å². The van der Waals surface area contributed by atoms with Gasteiger partial charge in [0, 0.05) is 11.0 Å². The summed E-state index contributed by atoms with van der Waals surface area (Å²) in [7, 11) is 0. The first kappa shape index (κ1) is 15.8. The lowest BCUT2D eigenvalue weighted by atomic mass is 9.87. The number of ether oxygens (including phenoxy) is 1. The molecule has 1 aliphatic rings. The highest BCUT2D eigenvalue weighted by Gasteiger charge is 2.41. The Bertz CT molecular complexity index is 789. The minimum absolute atomic E-state index is 0.234. The zero-order valence-corrected chi connectivity index (χ0v) is 13.7. The first-order valence-corrected chi connectivity index (χ1v) is 7.70. The number of rotatable bonds is 2. The molecule has 120 valence electrons. The van der Waals surface area contributed by atoms with Gasteiger partial charge in [0.1, 0.15) is 11.9 Å². The van der Waals surface area contributed by atoms with Gasteiger partial charge in [-0.3, -0.25) is 0 Å². The van der Waals surface area contributed by atoms with E-state index in [0.29, 0.717) is 5.02 Å². The first-order valence-electron chi connectivity index (χ1n) is 7.32. The van der Waals surface area contributed by atoms with Gasteiger partial charge in [0.25, 0.3) is 0 Å². The highest BCUT2D eigenvalue weighted by molar-refractivity contribution is 6.33. The van der Waals surface area contributed by atoms with Crippen molar-refractivity contribution in [2.75, 3.05) is 0 Å². The van der Waals surface area contributed by atoms with Crippen LogP contribution in [-0.4, -0.2) is 6.09 Å². The molecule has 2 N–H and O–H groups in total. The van der Waals surface area contributed by atoms with E-state index >= 15 is 0 Å². The minimum Gasteiger partial charge on any atom is -0.441 e. The molecule has 1 unspecified atom stereocenters. The molecule has 1 atom stereocenters. The van der Waals surface area contributed by atoms with Crippen molar-refractivity contribution in [3.63, 3.8) is 0 Å². The van der Waals surface area contributed by atoms with Crippen molar-refractivity contribution in [2.24, 2.45) is 11.1 Å². The Balaban J connectivity index is 2.03. The summed E-state index contributed by atoms with van der Waals surface area (Å²) in [5, 5.41) is 0.368. The monoisotopic (exact) mass is 333 g/mol. The van der Waals surface area contributed by atoms with E-state index in [1.165, 1.54) is 12.1 Å². The summed E-state index contributed by atoms with van der Waals surface area (Å²) >= 11 is 6.14. The summed E-state index contributed by atoms with van der Waals surface area (Å²) in [6.45, 7) is 4.07. The Labute approximate surface area is 139 Å². The molecule has 0 aliphatic heterocycles. The third kappa shape index (κ3) is 2.91. The van der Waals surface area contributed by atoms with Gasteiger partial charge in [-0.05, 0) is 41.3 Å². The fourth-order valence-electron chi connectivity index (χ4n) is 3.25. The molecule has 0 saturated carbocycles. The van der Waals surface area contributed by atoms with Crippen LogP contribution in [0.15, 0.2) is 36.4 Å². The number of halogens is 2. The lowest BCUT2D eigenvalue weighted by Crippen LogP contribution is -2.25. The van der Waals surface area contributed by atoms with E-state index in [9.17, 15) is 9.18 Å². The molecule has 1 aliphatic carbocycles. The molecule has 0 heterocycles. The summed E-state index contributed by atoms with van der Waals surface area (Å²) in [4.78, 5) is 11.2. The molecular weight excluding hydrogens is 317 g/mol. The van der Waals surface area contributed by atoms with E-state index in [0.717, 1.165) is 28.7 Å². The summed E-state index contributed by atoms with van der Waals surface area (Å²) in [5.41, 5.74) is 8.67. The van der Waals surface area contributed by atoms with Gasteiger partial charge < -0.3 is 10.5 Å². The van der Waals surface area contributed by atoms with Gasteiger partial charge in [0.2, 0.25) is 0 Å². The number of hydrogen-bond donors (Lipinski definition) is 1. The number of nitrogens with two attached hydrogens (primary N) is 1. The second-order valence-electron chi connectivity index (χ2n) is 6.52. The van der Waals surface area contributed by atoms with Crippen LogP contribution in [0.5, 0.6) is 0 Å². The SMILES string of the molecule is CC1(C)Cc2cc(-c3ccc(F)cc3Cl)ccc2C1OC(N)=O. The van der Waals surface area contributed by atoms with Gasteiger partial charge in [-0.2, -0.15) is 0 Å². The molecule has 3 rings (SSSR count). The van der Waals surface area contributed by atoms with E-state index < -0.39 is 6.09 Å². The van der Waals surface area contributed by atoms with Crippen LogP contribution in [0.2, 0.25) is 5.02 Å². The maximum atomic E-state index is 13.2. The number of carbonyl (C=O) groups is 1. The van der Waals surface area contributed by atoms with Crippen molar-refractivity contribution in [1.82, 2.24) is 0 Å². The smallest absolute Gasteiger partial charge is 0.405 e. The number of carbonyl (C=O) groups excluding carboxylic acids is 1. The van der Waals surface area contributed by atoms with Crippen molar-refractivity contribution in [3.05, 3.63) is 58.4 Å². The predicted octanol–water partition coefficient (Wildman–Crippen LogP) is 4.86. The molecule has 0 aromatic heterocycles. The molecule has 0 bridgehead atoms.